The molecule has 0 bridgehead atoms. The lowest BCUT2D eigenvalue weighted by atomic mass is 10.1. The normalized spacial score (nSPS) is 15.4. The molecule has 0 unspecified atom stereocenters. The molecule has 1 aliphatic rings. The van der Waals surface area contributed by atoms with Crippen LogP contribution in [0.25, 0.3) is 0 Å². The van der Waals surface area contributed by atoms with Crippen LogP contribution in [-0.2, 0) is 11.3 Å². The summed E-state index contributed by atoms with van der Waals surface area (Å²) in [6.07, 6.45) is 1.64. The van der Waals surface area contributed by atoms with E-state index in [1.54, 1.807) is 0 Å². The SMILES string of the molecule is OC1=C(OCc2ccccc2)CC1. The molecular formula is C11H12O2. The van der Waals surface area contributed by atoms with Crippen molar-refractivity contribution in [2.75, 3.05) is 0 Å². The van der Waals surface area contributed by atoms with Crippen molar-refractivity contribution < 1.29 is 9.84 Å². The summed E-state index contributed by atoms with van der Waals surface area (Å²) in [4.78, 5) is 0. The monoisotopic (exact) mass is 176 g/mol. The number of hydrogen-bond donors (Lipinski definition) is 1. The van der Waals surface area contributed by atoms with Crippen LogP contribution in [0.15, 0.2) is 41.9 Å². The van der Waals surface area contributed by atoms with Crippen molar-refractivity contribution in [2.45, 2.75) is 19.4 Å². The van der Waals surface area contributed by atoms with Gasteiger partial charge in [-0.2, -0.15) is 0 Å². The van der Waals surface area contributed by atoms with Crippen molar-refractivity contribution in [1.29, 1.82) is 0 Å². The van der Waals surface area contributed by atoms with E-state index in [-0.39, 0.29) is 0 Å². The maximum atomic E-state index is 9.14. The molecule has 0 aliphatic heterocycles. The average Bonchev–Trinajstić information content (AvgIpc) is 2.17. The topological polar surface area (TPSA) is 29.5 Å². The molecule has 1 N–H and O–H groups in total. The van der Waals surface area contributed by atoms with Gasteiger partial charge in [-0.3, -0.25) is 0 Å². The second-order valence-corrected chi connectivity index (χ2v) is 3.14. The van der Waals surface area contributed by atoms with E-state index in [1.807, 2.05) is 30.3 Å². The predicted molar refractivity (Wildman–Crippen MR) is 50.1 cm³/mol. The van der Waals surface area contributed by atoms with E-state index < -0.39 is 0 Å². The highest BCUT2D eigenvalue weighted by molar-refractivity contribution is 5.16. The van der Waals surface area contributed by atoms with Crippen molar-refractivity contribution in [3.63, 3.8) is 0 Å². The molecule has 0 fully saturated rings. The smallest absolute Gasteiger partial charge is 0.134 e. The molecule has 0 amide bonds. The Bertz CT molecular complexity index is 314. The van der Waals surface area contributed by atoms with E-state index in [9.17, 15) is 0 Å². The van der Waals surface area contributed by atoms with Gasteiger partial charge in [0.25, 0.3) is 0 Å². The second-order valence-electron chi connectivity index (χ2n) is 3.14. The molecule has 0 heterocycles. The number of hydrogen-bond acceptors (Lipinski definition) is 2. The molecule has 13 heavy (non-hydrogen) atoms. The minimum Gasteiger partial charge on any atom is -0.509 e. The van der Waals surface area contributed by atoms with Crippen LogP contribution in [0.5, 0.6) is 0 Å². The highest BCUT2D eigenvalue weighted by atomic mass is 16.5. The van der Waals surface area contributed by atoms with Gasteiger partial charge in [0.05, 0.1) is 0 Å². The fourth-order valence-corrected chi connectivity index (χ4v) is 1.24. The summed E-state index contributed by atoms with van der Waals surface area (Å²) in [5.41, 5.74) is 1.13. The molecule has 2 heteroatoms. The summed E-state index contributed by atoms with van der Waals surface area (Å²) in [5, 5.41) is 9.14. The van der Waals surface area contributed by atoms with Gasteiger partial charge in [0.15, 0.2) is 0 Å². The van der Waals surface area contributed by atoms with Gasteiger partial charge in [-0.1, -0.05) is 30.3 Å². The van der Waals surface area contributed by atoms with Gasteiger partial charge >= 0.3 is 0 Å². The maximum Gasteiger partial charge on any atom is 0.134 e. The third-order valence-electron chi connectivity index (χ3n) is 2.17. The first-order chi connectivity index (χ1) is 6.36. The molecular weight excluding hydrogens is 164 g/mol. The molecule has 2 rings (SSSR count). The summed E-state index contributed by atoms with van der Waals surface area (Å²) >= 11 is 0. The van der Waals surface area contributed by atoms with Gasteiger partial charge in [0, 0.05) is 12.8 Å². The Kier molecular flexibility index (Phi) is 2.21. The van der Waals surface area contributed by atoms with Crippen LogP contribution < -0.4 is 0 Å². The van der Waals surface area contributed by atoms with Crippen LogP contribution in [0.2, 0.25) is 0 Å². The summed E-state index contributed by atoms with van der Waals surface area (Å²) < 4.78 is 5.41. The van der Waals surface area contributed by atoms with Crippen molar-refractivity contribution in [3.05, 3.63) is 47.4 Å². The molecule has 0 saturated carbocycles. The van der Waals surface area contributed by atoms with E-state index in [1.165, 1.54) is 0 Å². The van der Waals surface area contributed by atoms with E-state index in [2.05, 4.69) is 0 Å². The first-order valence-corrected chi connectivity index (χ1v) is 4.44. The highest BCUT2D eigenvalue weighted by Crippen LogP contribution is 2.26. The van der Waals surface area contributed by atoms with Gasteiger partial charge in [-0.25, -0.2) is 0 Å². The number of ether oxygens (including phenoxy) is 1. The van der Waals surface area contributed by atoms with Crippen LogP contribution in [0.4, 0.5) is 0 Å². The molecule has 0 aromatic heterocycles. The second kappa shape index (κ2) is 3.52. The Labute approximate surface area is 77.5 Å². The number of allylic oxidation sites excluding steroid dienone is 2. The van der Waals surface area contributed by atoms with E-state index >= 15 is 0 Å². The Morgan fingerprint density at radius 1 is 1.15 bits per heavy atom. The number of aliphatic hydroxyl groups excluding tert-OH is 1. The summed E-state index contributed by atoms with van der Waals surface area (Å²) in [5.74, 6) is 1.17. The molecule has 68 valence electrons. The number of rotatable bonds is 3. The lowest BCUT2D eigenvalue weighted by Crippen LogP contribution is -2.07. The average molecular weight is 176 g/mol. The first-order valence-electron chi connectivity index (χ1n) is 4.44. The molecule has 2 nitrogen and oxygen atoms in total. The third kappa shape index (κ3) is 1.83. The van der Waals surface area contributed by atoms with Crippen LogP contribution in [-0.4, -0.2) is 5.11 Å². The van der Waals surface area contributed by atoms with Crippen molar-refractivity contribution in [3.8, 4) is 0 Å². The van der Waals surface area contributed by atoms with E-state index in [4.69, 9.17) is 9.84 Å². The lowest BCUT2D eigenvalue weighted by molar-refractivity contribution is 0.141. The third-order valence-corrected chi connectivity index (χ3v) is 2.17. The Morgan fingerprint density at radius 2 is 1.92 bits per heavy atom. The summed E-state index contributed by atoms with van der Waals surface area (Å²) in [6, 6.07) is 9.96. The lowest BCUT2D eigenvalue weighted by Gasteiger charge is -2.19. The summed E-state index contributed by atoms with van der Waals surface area (Å²) in [7, 11) is 0. The van der Waals surface area contributed by atoms with Crippen molar-refractivity contribution >= 4 is 0 Å². The molecule has 0 radical (unpaired) electrons. The maximum absolute atomic E-state index is 9.14. The fraction of sp³-hybridized carbons (Fsp3) is 0.273. The quantitative estimate of drug-likeness (QED) is 0.767. The zero-order valence-corrected chi connectivity index (χ0v) is 7.36. The Balaban J connectivity index is 1.90. The molecule has 1 aromatic rings. The highest BCUT2D eigenvalue weighted by Gasteiger charge is 2.17. The standard InChI is InChI=1S/C11H12O2/c12-10-6-7-11(10)13-8-9-4-2-1-3-5-9/h1-5,12H,6-8H2. The van der Waals surface area contributed by atoms with Crippen molar-refractivity contribution in [1.82, 2.24) is 0 Å². The van der Waals surface area contributed by atoms with E-state index in [0.29, 0.717) is 12.4 Å². The molecule has 0 spiro atoms. The fourth-order valence-electron chi connectivity index (χ4n) is 1.24. The molecule has 0 atom stereocenters. The number of aliphatic hydroxyl groups is 1. The zero-order chi connectivity index (χ0) is 9.10. The van der Waals surface area contributed by atoms with Gasteiger partial charge in [0.2, 0.25) is 0 Å². The van der Waals surface area contributed by atoms with Crippen molar-refractivity contribution in [2.24, 2.45) is 0 Å². The molecule has 1 aromatic carbocycles. The Morgan fingerprint density at radius 3 is 2.46 bits per heavy atom. The first kappa shape index (κ1) is 8.17. The van der Waals surface area contributed by atoms with E-state index in [0.717, 1.165) is 24.2 Å². The van der Waals surface area contributed by atoms with Gasteiger partial charge < -0.3 is 9.84 Å². The van der Waals surface area contributed by atoms with Gasteiger partial charge in [-0.05, 0) is 5.56 Å². The Hall–Kier alpha value is -1.44. The molecule has 1 aliphatic carbocycles. The minimum atomic E-state index is 0.413. The predicted octanol–water partition coefficient (Wildman–Crippen LogP) is 2.77. The zero-order valence-electron chi connectivity index (χ0n) is 7.36. The van der Waals surface area contributed by atoms with Crippen LogP contribution in [0, 0.1) is 0 Å². The summed E-state index contributed by atoms with van der Waals surface area (Å²) in [6.45, 7) is 0.556. The van der Waals surface area contributed by atoms with Gasteiger partial charge in [-0.15, -0.1) is 0 Å². The largest absolute Gasteiger partial charge is 0.509 e. The number of benzene rings is 1. The van der Waals surface area contributed by atoms with Crippen LogP contribution in [0.1, 0.15) is 18.4 Å². The van der Waals surface area contributed by atoms with Crippen LogP contribution >= 0.6 is 0 Å². The minimum absolute atomic E-state index is 0.413. The van der Waals surface area contributed by atoms with Gasteiger partial charge in [0.1, 0.15) is 18.1 Å². The van der Waals surface area contributed by atoms with Crippen LogP contribution in [0.3, 0.4) is 0 Å². The molecule has 0 saturated heterocycles.